The predicted octanol–water partition coefficient (Wildman–Crippen LogP) is 6.53. The minimum atomic E-state index is -0.565. The van der Waals surface area contributed by atoms with Gasteiger partial charge in [0.1, 0.15) is 6.61 Å². The van der Waals surface area contributed by atoms with Gasteiger partial charge in [-0.15, -0.1) is 0 Å². The monoisotopic (exact) mass is 579 g/mol. The van der Waals surface area contributed by atoms with Crippen molar-refractivity contribution < 1.29 is 19.0 Å². The highest BCUT2D eigenvalue weighted by molar-refractivity contribution is 14.1. The highest BCUT2D eigenvalue weighted by Gasteiger charge is 2.26. The van der Waals surface area contributed by atoms with Crippen LogP contribution in [0.3, 0.4) is 0 Å². The molecule has 8 heteroatoms. The van der Waals surface area contributed by atoms with E-state index < -0.39 is 5.97 Å². The van der Waals surface area contributed by atoms with Gasteiger partial charge in [0.05, 0.1) is 21.3 Å². The summed E-state index contributed by atoms with van der Waals surface area (Å²) in [7, 11) is 1.57. The third-order valence-corrected chi connectivity index (χ3v) is 5.91. The summed E-state index contributed by atoms with van der Waals surface area (Å²) < 4.78 is 17.7. The molecule has 4 rings (SSSR count). The minimum Gasteiger partial charge on any atom is -0.493 e. The maximum absolute atomic E-state index is 12.4. The average molecular weight is 580 g/mol. The number of aliphatic imine (C=N–C) groups is 1. The van der Waals surface area contributed by atoms with Crippen LogP contribution in [0.1, 0.15) is 16.7 Å². The minimum absolute atomic E-state index is 0.132. The van der Waals surface area contributed by atoms with Gasteiger partial charge >= 0.3 is 5.97 Å². The Morgan fingerprint density at radius 3 is 2.59 bits per heavy atom. The Bertz CT molecular complexity index is 1240. The van der Waals surface area contributed by atoms with Crippen molar-refractivity contribution in [2.75, 3.05) is 7.11 Å². The van der Waals surface area contributed by atoms with Crippen LogP contribution >= 0.6 is 45.8 Å². The van der Waals surface area contributed by atoms with Crippen molar-refractivity contribution in [3.8, 4) is 11.5 Å². The van der Waals surface area contributed by atoms with Gasteiger partial charge in [0, 0.05) is 5.02 Å². The van der Waals surface area contributed by atoms with E-state index in [2.05, 4.69) is 27.6 Å². The van der Waals surface area contributed by atoms with Gasteiger partial charge in [-0.25, -0.2) is 9.79 Å². The van der Waals surface area contributed by atoms with Crippen molar-refractivity contribution in [1.29, 1.82) is 0 Å². The summed E-state index contributed by atoms with van der Waals surface area (Å²) in [6.07, 6.45) is 1.63. The molecule has 0 saturated carbocycles. The number of methoxy groups -OCH3 is 1. The predicted molar refractivity (Wildman–Crippen MR) is 134 cm³/mol. The summed E-state index contributed by atoms with van der Waals surface area (Å²) in [5.41, 5.74) is 2.41. The van der Waals surface area contributed by atoms with E-state index in [9.17, 15) is 4.79 Å². The zero-order chi connectivity index (χ0) is 22.7. The summed E-state index contributed by atoms with van der Waals surface area (Å²) >= 11 is 14.3. The van der Waals surface area contributed by atoms with Crippen molar-refractivity contribution in [2.45, 2.75) is 6.61 Å². The molecular weight excluding hydrogens is 564 g/mol. The Morgan fingerprint density at radius 1 is 1.09 bits per heavy atom. The van der Waals surface area contributed by atoms with Crippen LogP contribution in [0.2, 0.25) is 10.0 Å². The molecule has 32 heavy (non-hydrogen) atoms. The van der Waals surface area contributed by atoms with Crippen molar-refractivity contribution in [3.63, 3.8) is 0 Å². The lowest BCUT2D eigenvalue weighted by atomic mass is 10.1. The third-order valence-electron chi connectivity index (χ3n) is 4.56. The molecule has 0 unspecified atom stereocenters. The molecule has 0 saturated heterocycles. The van der Waals surface area contributed by atoms with Crippen molar-refractivity contribution in [1.82, 2.24) is 0 Å². The largest absolute Gasteiger partial charge is 0.493 e. The molecule has 0 amide bonds. The van der Waals surface area contributed by atoms with Gasteiger partial charge in [0.2, 0.25) is 5.90 Å². The van der Waals surface area contributed by atoms with E-state index in [0.29, 0.717) is 33.7 Å². The Kier molecular flexibility index (Phi) is 7.03. The molecule has 0 fully saturated rings. The average Bonchev–Trinajstić information content (AvgIpc) is 3.13. The van der Waals surface area contributed by atoms with Gasteiger partial charge < -0.3 is 14.2 Å². The Morgan fingerprint density at radius 2 is 1.88 bits per heavy atom. The smallest absolute Gasteiger partial charge is 0.363 e. The summed E-state index contributed by atoms with van der Waals surface area (Å²) in [5.74, 6) is 0.748. The fraction of sp³-hybridized carbons (Fsp3) is 0.0833. The number of rotatable bonds is 6. The molecule has 0 atom stereocenters. The van der Waals surface area contributed by atoms with Crippen LogP contribution < -0.4 is 9.47 Å². The number of hydrogen-bond acceptors (Lipinski definition) is 5. The lowest BCUT2D eigenvalue weighted by molar-refractivity contribution is -0.129. The fourth-order valence-corrected chi connectivity index (χ4v) is 4.31. The molecule has 0 spiro atoms. The number of halogens is 3. The molecule has 5 nitrogen and oxygen atoms in total. The topological polar surface area (TPSA) is 57.1 Å². The van der Waals surface area contributed by atoms with Gasteiger partial charge in [-0.05, 0) is 70.1 Å². The second-order valence-corrected chi connectivity index (χ2v) is 8.77. The molecule has 162 valence electrons. The van der Waals surface area contributed by atoms with E-state index in [-0.39, 0.29) is 11.6 Å². The summed E-state index contributed by atoms with van der Waals surface area (Å²) in [4.78, 5) is 16.7. The number of benzene rings is 3. The van der Waals surface area contributed by atoms with E-state index >= 15 is 0 Å². The number of carbonyl (C=O) groups excluding carboxylic acids is 1. The molecule has 0 aliphatic carbocycles. The normalized spacial score (nSPS) is 14.3. The van der Waals surface area contributed by atoms with Gasteiger partial charge in [-0.3, -0.25) is 0 Å². The molecule has 1 aliphatic rings. The number of ether oxygens (including phenoxy) is 3. The quantitative estimate of drug-likeness (QED) is 0.189. The van der Waals surface area contributed by atoms with Gasteiger partial charge in [0.15, 0.2) is 17.2 Å². The fourth-order valence-electron chi connectivity index (χ4n) is 3.04. The molecule has 3 aromatic carbocycles. The molecule has 0 bridgehead atoms. The van der Waals surface area contributed by atoms with Crippen LogP contribution in [0.25, 0.3) is 6.08 Å². The zero-order valence-corrected chi connectivity index (χ0v) is 20.4. The number of cyclic esters (lactones) is 1. The number of carbonyl (C=O) groups is 1. The molecule has 0 radical (unpaired) electrons. The van der Waals surface area contributed by atoms with Crippen LogP contribution in [0, 0.1) is 3.57 Å². The Balaban J connectivity index is 1.61. The van der Waals surface area contributed by atoms with Crippen LogP contribution in [0.5, 0.6) is 11.5 Å². The van der Waals surface area contributed by atoms with Gasteiger partial charge in [-0.2, -0.15) is 0 Å². The first-order valence-corrected chi connectivity index (χ1v) is 11.3. The lowest BCUT2D eigenvalue weighted by Crippen LogP contribution is -2.06. The van der Waals surface area contributed by atoms with Crippen molar-refractivity contribution >= 4 is 63.7 Å². The number of hydrogen-bond donors (Lipinski definition) is 0. The van der Waals surface area contributed by atoms with E-state index in [4.69, 9.17) is 37.4 Å². The second kappa shape index (κ2) is 9.94. The Hall–Kier alpha value is -2.55. The summed E-state index contributed by atoms with van der Waals surface area (Å²) in [6, 6.07) is 18.4. The highest BCUT2D eigenvalue weighted by Crippen LogP contribution is 2.36. The summed E-state index contributed by atoms with van der Waals surface area (Å²) in [5, 5.41) is 0.831. The standard InChI is InChI=1S/C24H16Cl2INO4/c1-30-21-11-15(9-19(27)22(21)31-13-14-5-3-2-4-6-14)10-20-24(29)32-23(28-20)17-8-7-16(25)12-18(17)26/h2-12H,13H2,1H3/b20-10-. The lowest BCUT2D eigenvalue weighted by Gasteiger charge is -2.13. The molecule has 3 aromatic rings. The third kappa shape index (κ3) is 5.09. The van der Waals surface area contributed by atoms with Gasteiger partial charge in [0.25, 0.3) is 0 Å². The molecule has 0 N–H and O–H groups in total. The van der Waals surface area contributed by atoms with Crippen LogP contribution in [0.4, 0.5) is 0 Å². The first-order chi connectivity index (χ1) is 15.4. The SMILES string of the molecule is COc1cc(/C=C2\N=C(c3ccc(Cl)cc3Cl)OC2=O)cc(I)c1OCc1ccccc1. The molecule has 1 aliphatic heterocycles. The number of nitrogens with zero attached hydrogens (tertiary/aromatic N) is 1. The van der Waals surface area contributed by atoms with Crippen LogP contribution in [-0.2, 0) is 16.1 Å². The molecular formula is C24H16Cl2INO4. The summed E-state index contributed by atoms with van der Waals surface area (Å²) in [6.45, 7) is 0.412. The second-order valence-electron chi connectivity index (χ2n) is 6.77. The maximum atomic E-state index is 12.4. The van der Waals surface area contributed by atoms with E-state index in [1.807, 2.05) is 36.4 Å². The highest BCUT2D eigenvalue weighted by atomic mass is 127. The number of esters is 1. The van der Waals surface area contributed by atoms with Gasteiger partial charge in [-0.1, -0.05) is 53.5 Å². The van der Waals surface area contributed by atoms with Crippen LogP contribution in [0.15, 0.2) is 71.4 Å². The van der Waals surface area contributed by atoms with Crippen molar-refractivity contribution in [3.05, 3.63) is 96.7 Å². The maximum Gasteiger partial charge on any atom is 0.363 e. The first-order valence-electron chi connectivity index (χ1n) is 9.47. The van der Waals surface area contributed by atoms with E-state index in [1.54, 1.807) is 37.5 Å². The van der Waals surface area contributed by atoms with Crippen molar-refractivity contribution in [2.24, 2.45) is 4.99 Å². The first kappa shape index (κ1) is 22.6. The molecule has 1 heterocycles. The van der Waals surface area contributed by atoms with Crippen LogP contribution in [-0.4, -0.2) is 19.0 Å². The zero-order valence-electron chi connectivity index (χ0n) is 16.8. The molecule has 0 aromatic heterocycles. The van der Waals surface area contributed by atoms with E-state index in [1.165, 1.54) is 0 Å². The Labute approximate surface area is 208 Å². The van der Waals surface area contributed by atoms with E-state index in [0.717, 1.165) is 14.7 Å².